The van der Waals surface area contributed by atoms with Gasteiger partial charge in [0, 0.05) is 5.92 Å². The number of fused-ring (bicyclic) bond motifs is 1. The molecule has 2 aliphatic rings. The van der Waals surface area contributed by atoms with Crippen LogP contribution in [0.15, 0.2) is 24.3 Å². The first-order valence-electron chi connectivity index (χ1n) is 4.85. The molecular formula is C11H12O4. The highest BCUT2D eigenvalue weighted by Gasteiger charge is 2.48. The van der Waals surface area contributed by atoms with Crippen LogP contribution in [0.3, 0.4) is 0 Å². The molecule has 0 radical (unpaired) electrons. The zero-order valence-electron chi connectivity index (χ0n) is 8.38. The molecule has 3 atom stereocenters. The first-order valence-corrected chi connectivity index (χ1v) is 4.85. The number of hydrogen-bond acceptors (Lipinski definition) is 4. The van der Waals surface area contributed by atoms with Crippen molar-refractivity contribution in [2.75, 3.05) is 7.11 Å². The SMILES string of the molecule is COC(=O)C1C(=O)O[C@H]2C=CC=CC[C@@H]12. The predicted molar refractivity (Wildman–Crippen MR) is 51.8 cm³/mol. The van der Waals surface area contributed by atoms with Crippen molar-refractivity contribution in [3.8, 4) is 0 Å². The fraction of sp³-hybridized carbons (Fsp3) is 0.455. The van der Waals surface area contributed by atoms with Gasteiger partial charge in [0.15, 0.2) is 5.92 Å². The van der Waals surface area contributed by atoms with E-state index in [-0.39, 0.29) is 12.0 Å². The largest absolute Gasteiger partial charge is 0.468 e. The molecule has 0 amide bonds. The number of methoxy groups -OCH3 is 1. The number of ether oxygens (including phenoxy) is 2. The molecule has 0 bridgehead atoms. The first kappa shape index (κ1) is 9.96. The van der Waals surface area contributed by atoms with Crippen LogP contribution >= 0.6 is 0 Å². The Bertz CT molecular complexity index is 342. The summed E-state index contributed by atoms with van der Waals surface area (Å²) in [6.45, 7) is 0. The second-order valence-electron chi connectivity index (χ2n) is 3.61. The molecule has 0 aromatic carbocycles. The summed E-state index contributed by atoms with van der Waals surface area (Å²) in [6.07, 6.45) is 7.81. The average molecular weight is 208 g/mol. The monoisotopic (exact) mass is 208 g/mol. The standard InChI is InChI=1S/C11H12O4/c1-14-10(12)9-7-5-3-2-4-6-8(7)15-11(9)13/h2-4,6-9H,5H2,1H3/t7-,8+,9?/m1/s1. The van der Waals surface area contributed by atoms with E-state index in [1.807, 2.05) is 18.2 Å². The van der Waals surface area contributed by atoms with Crippen molar-refractivity contribution in [3.63, 3.8) is 0 Å². The maximum absolute atomic E-state index is 11.5. The van der Waals surface area contributed by atoms with E-state index in [9.17, 15) is 9.59 Å². The Morgan fingerprint density at radius 1 is 1.53 bits per heavy atom. The molecule has 0 saturated carbocycles. The van der Waals surface area contributed by atoms with Gasteiger partial charge in [-0.15, -0.1) is 0 Å². The Morgan fingerprint density at radius 2 is 2.33 bits per heavy atom. The van der Waals surface area contributed by atoms with Gasteiger partial charge in [0.1, 0.15) is 6.10 Å². The molecule has 0 spiro atoms. The predicted octanol–water partition coefficient (Wildman–Crippen LogP) is 0.833. The highest BCUT2D eigenvalue weighted by molar-refractivity contribution is 5.97. The molecular weight excluding hydrogens is 196 g/mol. The van der Waals surface area contributed by atoms with Gasteiger partial charge >= 0.3 is 11.9 Å². The zero-order chi connectivity index (χ0) is 10.8. The molecule has 0 aromatic rings. The van der Waals surface area contributed by atoms with E-state index in [1.165, 1.54) is 7.11 Å². The van der Waals surface area contributed by atoms with E-state index in [1.54, 1.807) is 6.08 Å². The molecule has 1 unspecified atom stereocenters. The normalized spacial score (nSPS) is 33.1. The van der Waals surface area contributed by atoms with Gasteiger partial charge in [-0.1, -0.05) is 18.2 Å². The molecule has 1 aliphatic carbocycles. The van der Waals surface area contributed by atoms with E-state index in [2.05, 4.69) is 4.74 Å². The van der Waals surface area contributed by atoms with Crippen molar-refractivity contribution < 1.29 is 19.1 Å². The Morgan fingerprint density at radius 3 is 3.07 bits per heavy atom. The van der Waals surface area contributed by atoms with E-state index < -0.39 is 17.9 Å². The lowest BCUT2D eigenvalue weighted by molar-refractivity contribution is -0.155. The molecule has 0 N–H and O–H groups in total. The minimum atomic E-state index is -0.771. The first-order chi connectivity index (χ1) is 7.24. The Hall–Kier alpha value is -1.58. The highest BCUT2D eigenvalue weighted by Crippen LogP contribution is 2.34. The summed E-state index contributed by atoms with van der Waals surface area (Å²) in [6, 6.07) is 0. The summed E-state index contributed by atoms with van der Waals surface area (Å²) < 4.78 is 9.72. The van der Waals surface area contributed by atoms with Crippen LogP contribution in [0.1, 0.15) is 6.42 Å². The van der Waals surface area contributed by atoms with Crippen LogP contribution in [-0.2, 0) is 19.1 Å². The number of carbonyl (C=O) groups excluding carboxylic acids is 2. The number of hydrogen-bond donors (Lipinski definition) is 0. The van der Waals surface area contributed by atoms with Gasteiger partial charge in [-0.25, -0.2) is 0 Å². The summed E-state index contributed by atoms with van der Waals surface area (Å²) in [7, 11) is 1.28. The number of allylic oxidation sites excluding steroid dienone is 3. The quantitative estimate of drug-likeness (QED) is 0.473. The number of esters is 2. The van der Waals surface area contributed by atoms with Crippen LogP contribution in [0, 0.1) is 11.8 Å². The molecule has 1 heterocycles. The summed E-state index contributed by atoms with van der Waals surface area (Å²) in [5.41, 5.74) is 0. The maximum atomic E-state index is 11.5. The summed E-state index contributed by atoms with van der Waals surface area (Å²) in [5.74, 6) is -1.87. The van der Waals surface area contributed by atoms with Crippen molar-refractivity contribution >= 4 is 11.9 Å². The van der Waals surface area contributed by atoms with Gasteiger partial charge in [-0.2, -0.15) is 0 Å². The Balaban J connectivity index is 2.24. The third-order valence-corrected chi connectivity index (χ3v) is 2.77. The fourth-order valence-corrected chi connectivity index (χ4v) is 2.00. The lowest BCUT2D eigenvalue weighted by Gasteiger charge is -2.14. The molecule has 1 fully saturated rings. The van der Waals surface area contributed by atoms with Crippen molar-refractivity contribution in [1.82, 2.24) is 0 Å². The Kier molecular flexibility index (Phi) is 2.58. The smallest absolute Gasteiger partial charge is 0.321 e. The molecule has 0 aromatic heterocycles. The maximum Gasteiger partial charge on any atom is 0.321 e. The molecule has 4 heteroatoms. The van der Waals surface area contributed by atoms with E-state index in [0.717, 1.165) is 0 Å². The van der Waals surface area contributed by atoms with Gasteiger partial charge in [0.05, 0.1) is 7.11 Å². The topological polar surface area (TPSA) is 52.6 Å². The second-order valence-corrected chi connectivity index (χ2v) is 3.61. The number of rotatable bonds is 1. The third kappa shape index (κ3) is 1.67. The van der Waals surface area contributed by atoms with Gasteiger partial charge < -0.3 is 9.47 Å². The van der Waals surface area contributed by atoms with Crippen LogP contribution in [0.4, 0.5) is 0 Å². The molecule has 1 saturated heterocycles. The molecule has 4 nitrogen and oxygen atoms in total. The minimum absolute atomic E-state index is 0.125. The third-order valence-electron chi connectivity index (χ3n) is 2.77. The number of carbonyl (C=O) groups is 2. The van der Waals surface area contributed by atoms with Gasteiger partial charge in [0.2, 0.25) is 0 Å². The van der Waals surface area contributed by atoms with Crippen LogP contribution in [0.2, 0.25) is 0 Å². The van der Waals surface area contributed by atoms with Crippen molar-refractivity contribution in [2.24, 2.45) is 11.8 Å². The van der Waals surface area contributed by atoms with Crippen LogP contribution < -0.4 is 0 Å². The highest BCUT2D eigenvalue weighted by atomic mass is 16.6. The summed E-state index contributed by atoms with van der Waals surface area (Å²) in [4.78, 5) is 22.9. The van der Waals surface area contributed by atoms with E-state index in [4.69, 9.17) is 4.74 Å². The fourth-order valence-electron chi connectivity index (χ4n) is 2.00. The lowest BCUT2D eigenvalue weighted by atomic mass is 9.88. The van der Waals surface area contributed by atoms with Gasteiger partial charge in [-0.05, 0) is 12.5 Å². The minimum Gasteiger partial charge on any atom is -0.468 e. The van der Waals surface area contributed by atoms with E-state index in [0.29, 0.717) is 6.42 Å². The molecule has 15 heavy (non-hydrogen) atoms. The molecule has 2 rings (SSSR count). The molecule has 80 valence electrons. The average Bonchev–Trinajstić information content (AvgIpc) is 2.40. The van der Waals surface area contributed by atoms with Crippen molar-refractivity contribution in [2.45, 2.75) is 12.5 Å². The van der Waals surface area contributed by atoms with Crippen LogP contribution in [0.5, 0.6) is 0 Å². The molecule has 1 aliphatic heterocycles. The Labute approximate surface area is 87.5 Å². The lowest BCUT2D eigenvalue weighted by Crippen LogP contribution is -2.28. The summed E-state index contributed by atoms with van der Waals surface area (Å²) >= 11 is 0. The van der Waals surface area contributed by atoms with Crippen molar-refractivity contribution in [3.05, 3.63) is 24.3 Å². The van der Waals surface area contributed by atoms with Gasteiger partial charge in [0.25, 0.3) is 0 Å². The second kappa shape index (κ2) is 3.88. The van der Waals surface area contributed by atoms with Gasteiger partial charge in [-0.3, -0.25) is 9.59 Å². The van der Waals surface area contributed by atoms with Crippen LogP contribution in [-0.4, -0.2) is 25.2 Å². The van der Waals surface area contributed by atoms with Crippen LogP contribution in [0.25, 0.3) is 0 Å². The van der Waals surface area contributed by atoms with Crippen molar-refractivity contribution in [1.29, 1.82) is 0 Å². The zero-order valence-corrected chi connectivity index (χ0v) is 8.38. The van der Waals surface area contributed by atoms with E-state index >= 15 is 0 Å². The summed E-state index contributed by atoms with van der Waals surface area (Å²) in [5, 5.41) is 0.